The third kappa shape index (κ3) is 4.27. The highest BCUT2D eigenvalue weighted by Crippen LogP contribution is 2.36. The Hall–Kier alpha value is -1.13. The molecule has 18 heavy (non-hydrogen) atoms. The Bertz CT molecular complexity index is 346. The van der Waals surface area contributed by atoms with Crippen LogP contribution in [0.5, 0.6) is 17.2 Å². The summed E-state index contributed by atoms with van der Waals surface area (Å²) in [4.78, 5) is 0. The lowest BCUT2D eigenvalue weighted by molar-refractivity contribution is 0.338. The molecule has 104 valence electrons. The summed E-state index contributed by atoms with van der Waals surface area (Å²) < 4.78 is 10.2. The molecule has 4 nitrogen and oxygen atoms in total. The first-order chi connectivity index (χ1) is 8.12. The molecule has 1 unspecified atom stereocenters. The quantitative estimate of drug-likeness (QED) is 0.838. The van der Waals surface area contributed by atoms with Crippen LogP contribution in [0.4, 0.5) is 0 Å². The Morgan fingerprint density at radius 1 is 1.22 bits per heavy atom. The fourth-order valence-electron chi connectivity index (χ4n) is 1.49. The van der Waals surface area contributed by atoms with E-state index in [2.05, 4.69) is 19.2 Å². The van der Waals surface area contributed by atoms with E-state index in [0.29, 0.717) is 17.5 Å². The van der Waals surface area contributed by atoms with E-state index in [9.17, 15) is 5.11 Å². The molecular weight excluding hydrogens is 254 g/mol. The number of benzene rings is 1. The number of methoxy groups -OCH3 is 2. The van der Waals surface area contributed by atoms with Crippen molar-refractivity contribution in [1.29, 1.82) is 0 Å². The van der Waals surface area contributed by atoms with Gasteiger partial charge in [0.25, 0.3) is 0 Å². The molecule has 0 spiro atoms. The number of halogens is 1. The third-order valence-corrected chi connectivity index (χ3v) is 2.81. The van der Waals surface area contributed by atoms with Gasteiger partial charge < -0.3 is 19.9 Å². The van der Waals surface area contributed by atoms with Crippen molar-refractivity contribution in [3.05, 3.63) is 17.7 Å². The van der Waals surface area contributed by atoms with Gasteiger partial charge in [-0.1, -0.05) is 6.92 Å². The average Bonchev–Trinajstić information content (AvgIpc) is 2.36. The molecule has 1 aromatic rings. The first-order valence-electron chi connectivity index (χ1n) is 5.79. The fraction of sp³-hybridized carbons (Fsp3) is 0.538. The topological polar surface area (TPSA) is 50.7 Å². The van der Waals surface area contributed by atoms with Gasteiger partial charge in [-0.15, -0.1) is 12.4 Å². The maximum atomic E-state index is 9.77. The number of hydrogen-bond donors (Lipinski definition) is 2. The van der Waals surface area contributed by atoms with Crippen LogP contribution in [0.15, 0.2) is 12.1 Å². The van der Waals surface area contributed by atoms with E-state index in [1.54, 1.807) is 0 Å². The van der Waals surface area contributed by atoms with E-state index < -0.39 is 0 Å². The molecule has 0 aliphatic rings. The molecule has 0 bridgehead atoms. The van der Waals surface area contributed by atoms with Gasteiger partial charge in [0.05, 0.1) is 14.2 Å². The minimum Gasteiger partial charge on any atom is -0.502 e. The molecule has 2 N–H and O–H groups in total. The van der Waals surface area contributed by atoms with Crippen molar-refractivity contribution in [3.8, 4) is 17.2 Å². The number of phenols is 1. The van der Waals surface area contributed by atoms with Gasteiger partial charge in [0.15, 0.2) is 11.5 Å². The molecule has 0 radical (unpaired) electrons. The summed E-state index contributed by atoms with van der Waals surface area (Å²) in [5.74, 6) is 0.915. The molecule has 0 heterocycles. The molecule has 1 aromatic carbocycles. The second-order valence-electron chi connectivity index (χ2n) is 4.04. The summed E-state index contributed by atoms with van der Waals surface area (Å²) in [6.45, 7) is 4.99. The standard InChI is InChI=1S/C13H21NO3.ClH/c1-5-9(2)14-8-10-6-11(16-3)13(15)12(7-10)17-4;/h6-7,9,14-15H,5,8H2,1-4H3;1H. The SMILES string of the molecule is CCC(C)NCc1cc(OC)c(O)c(OC)c1.Cl. The summed E-state index contributed by atoms with van der Waals surface area (Å²) in [6, 6.07) is 4.08. The van der Waals surface area contributed by atoms with Crippen molar-refractivity contribution < 1.29 is 14.6 Å². The number of hydrogen-bond acceptors (Lipinski definition) is 4. The highest BCUT2D eigenvalue weighted by atomic mass is 35.5. The third-order valence-electron chi connectivity index (χ3n) is 2.81. The molecule has 0 aliphatic carbocycles. The van der Waals surface area contributed by atoms with Gasteiger partial charge in [-0.25, -0.2) is 0 Å². The zero-order valence-electron chi connectivity index (χ0n) is 11.3. The van der Waals surface area contributed by atoms with Crippen LogP contribution >= 0.6 is 12.4 Å². The van der Waals surface area contributed by atoms with Crippen LogP contribution in [0, 0.1) is 0 Å². The van der Waals surface area contributed by atoms with Crippen LogP contribution in [0.25, 0.3) is 0 Å². The van der Waals surface area contributed by atoms with Gasteiger partial charge in [-0.2, -0.15) is 0 Å². The molecule has 1 atom stereocenters. The molecule has 0 aromatic heterocycles. The van der Waals surface area contributed by atoms with E-state index >= 15 is 0 Å². The first-order valence-corrected chi connectivity index (χ1v) is 5.79. The van der Waals surface area contributed by atoms with Gasteiger partial charge in [-0.05, 0) is 31.0 Å². The molecule has 0 amide bonds. The number of rotatable bonds is 6. The van der Waals surface area contributed by atoms with Crippen LogP contribution in [0.1, 0.15) is 25.8 Å². The van der Waals surface area contributed by atoms with Gasteiger partial charge >= 0.3 is 0 Å². The zero-order chi connectivity index (χ0) is 12.8. The maximum Gasteiger partial charge on any atom is 0.200 e. The molecule has 1 rings (SSSR count). The van der Waals surface area contributed by atoms with Gasteiger partial charge in [0.1, 0.15) is 0 Å². The Morgan fingerprint density at radius 3 is 2.11 bits per heavy atom. The van der Waals surface area contributed by atoms with Crippen molar-refractivity contribution in [1.82, 2.24) is 5.32 Å². The number of aromatic hydroxyl groups is 1. The van der Waals surface area contributed by atoms with Crippen LogP contribution in [-0.2, 0) is 6.54 Å². The van der Waals surface area contributed by atoms with E-state index in [4.69, 9.17) is 9.47 Å². The van der Waals surface area contributed by atoms with Crippen molar-refractivity contribution in [2.75, 3.05) is 14.2 Å². The Morgan fingerprint density at radius 2 is 1.72 bits per heavy atom. The Kier molecular flexibility index (Phi) is 7.55. The highest BCUT2D eigenvalue weighted by Gasteiger charge is 2.11. The molecule has 0 saturated carbocycles. The van der Waals surface area contributed by atoms with E-state index in [1.165, 1.54) is 14.2 Å². The molecule has 0 saturated heterocycles. The molecule has 0 aliphatic heterocycles. The predicted octanol–water partition coefficient (Wildman–Crippen LogP) is 2.72. The summed E-state index contributed by atoms with van der Waals surface area (Å²) in [5.41, 5.74) is 1.02. The summed E-state index contributed by atoms with van der Waals surface area (Å²) >= 11 is 0. The van der Waals surface area contributed by atoms with E-state index in [1.807, 2.05) is 12.1 Å². The monoisotopic (exact) mass is 275 g/mol. The molecular formula is C13H22ClNO3. The smallest absolute Gasteiger partial charge is 0.200 e. The van der Waals surface area contributed by atoms with E-state index in [-0.39, 0.29) is 18.2 Å². The molecule has 5 heteroatoms. The minimum absolute atomic E-state index is 0. The largest absolute Gasteiger partial charge is 0.502 e. The summed E-state index contributed by atoms with van der Waals surface area (Å²) in [7, 11) is 3.06. The first kappa shape index (κ1) is 16.9. The Labute approximate surface area is 115 Å². The number of nitrogens with one attached hydrogen (secondary N) is 1. The molecule has 0 fully saturated rings. The second kappa shape index (κ2) is 8.06. The second-order valence-corrected chi connectivity index (χ2v) is 4.04. The maximum absolute atomic E-state index is 9.77. The average molecular weight is 276 g/mol. The van der Waals surface area contributed by atoms with Gasteiger partial charge in [0, 0.05) is 12.6 Å². The van der Waals surface area contributed by atoms with Crippen LogP contribution in [-0.4, -0.2) is 25.4 Å². The van der Waals surface area contributed by atoms with Crippen LogP contribution in [0.3, 0.4) is 0 Å². The van der Waals surface area contributed by atoms with Crippen LogP contribution in [0.2, 0.25) is 0 Å². The number of phenolic OH excluding ortho intramolecular Hbond substituents is 1. The zero-order valence-corrected chi connectivity index (χ0v) is 12.1. The lowest BCUT2D eigenvalue weighted by Crippen LogP contribution is -2.24. The van der Waals surface area contributed by atoms with Crippen molar-refractivity contribution >= 4 is 12.4 Å². The minimum atomic E-state index is 0. The fourth-order valence-corrected chi connectivity index (χ4v) is 1.49. The van der Waals surface area contributed by atoms with Crippen molar-refractivity contribution in [3.63, 3.8) is 0 Å². The summed E-state index contributed by atoms with van der Waals surface area (Å²) in [6.07, 6.45) is 1.08. The Balaban J connectivity index is 0.00000289. The number of ether oxygens (including phenoxy) is 2. The summed E-state index contributed by atoms with van der Waals surface area (Å²) in [5, 5.41) is 13.1. The lowest BCUT2D eigenvalue weighted by Gasteiger charge is -2.14. The van der Waals surface area contributed by atoms with Crippen molar-refractivity contribution in [2.45, 2.75) is 32.9 Å². The van der Waals surface area contributed by atoms with Crippen LogP contribution < -0.4 is 14.8 Å². The predicted molar refractivity (Wildman–Crippen MR) is 75.1 cm³/mol. The normalized spacial score (nSPS) is 11.6. The van der Waals surface area contributed by atoms with Crippen molar-refractivity contribution in [2.24, 2.45) is 0 Å². The van der Waals surface area contributed by atoms with Gasteiger partial charge in [-0.3, -0.25) is 0 Å². The lowest BCUT2D eigenvalue weighted by atomic mass is 10.1. The highest BCUT2D eigenvalue weighted by molar-refractivity contribution is 5.85. The van der Waals surface area contributed by atoms with E-state index in [0.717, 1.165) is 18.5 Å². The van der Waals surface area contributed by atoms with Gasteiger partial charge in [0.2, 0.25) is 5.75 Å².